The molecule has 1 aromatic carbocycles. The van der Waals surface area contributed by atoms with E-state index in [1.165, 1.54) is 23.5 Å². The summed E-state index contributed by atoms with van der Waals surface area (Å²) in [5.74, 6) is 0.177. The molecular weight excluding hydrogens is 342 g/mol. The second kappa shape index (κ2) is 8.16. The highest BCUT2D eigenvalue weighted by Crippen LogP contribution is 2.26. The second-order valence-electron chi connectivity index (χ2n) is 6.06. The van der Waals surface area contributed by atoms with Crippen LogP contribution in [0.25, 0.3) is 0 Å². The summed E-state index contributed by atoms with van der Waals surface area (Å²) in [6.45, 7) is 8.23. The lowest BCUT2D eigenvalue weighted by atomic mass is 10.1. The van der Waals surface area contributed by atoms with Crippen LogP contribution >= 0.6 is 0 Å². The maximum absolute atomic E-state index is 12.9. The standard InChI is InChI=1S/C17H27N3O4S/c1-5-20(6-2)25(22,23)14-7-8-16(24-4)15(11-14)17(21)19-10-9-18-13(3)12-19/h7-8,11,13,18H,5-6,9-10,12H2,1-4H3. The van der Waals surface area contributed by atoms with E-state index >= 15 is 0 Å². The van der Waals surface area contributed by atoms with Crippen LogP contribution in [-0.2, 0) is 10.0 Å². The highest BCUT2D eigenvalue weighted by atomic mass is 32.2. The minimum atomic E-state index is -3.63. The van der Waals surface area contributed by atoms with Gasteiger partial charge >= 0.3 is 0 Å². The van der Waals surface area contributed by atoms with Crippen LogP contribution in [0.1, 0.15) is 31.1 Å². The highest BCUT2D eigenvalue weighted by Gasteiger charge is 2.28. The van der Waals surface area contributed by atoms with Crippen molar-refractivity contribution in [1.29, 1.82) is 0 Å². The summed E-state index contributed by atoms with van der Waals surface area (Å²) < 4.78 is 32.2. The maximum Gasteiger partial charge on any atom is 0.257 e. The van der Waals surface area contributed by atoms with E-state index in [9.17, 15) is 13.2 Å². The first-order valence-corrected chi connectivity index (χ1v) is 10.00. The zero-order valence-corrected chi connectivity index (χ0v) is 16.1. The summed E-state index contributed by atoms with van der Waals surface area (Å²) in [6.07, 6.45) is 0. The fourth-order valence-electron chi connectivity index (χ4n) is 3.01. The van der Waals surface area contributed by atoms with E-state index in [2.05, 4.69) is 5.32 Å². The predicted molar refractivity (Wildman–Crippen MR) is 96.5 cm³/mol. The lowest BCUT2D eigenvalue weighted by Crippen LogP contribution is -2.51. The summed E-state index contributed by atoms with van der Waals surface area (Å²) in [7, 11) is -2.15. The van der Waals surface area contributed by atoms with E-state index in [1.807, 2.05) is 6.92 Å². The molecule has 1 heterocycles. The van der Waals surface area contributed by atoms with Gasteiger partial charge in [-0.25, -0.2) is 8.42 Å². The van der Waals surface area contributed by atoms with Crippen LogP contribution in [0.3, 0.4) is 0 Å². The zero-order chi connectivity index (χ0) is 18.6. The summed E-state index contributed by atoms with van der Waals surface area (Å²) in [5.41, 5.74) is 0.282. The Hall–Kier alpha value is -1.64. The van der Waals surface area contributed by atoms with E-state index in [0.717, 1.165) is 0 Å². The molecule has 2 rings (SSSR count). The first-order chi connectivity index (χ1) is 11.8. The molecule has 1 aliphatic heterocycles. The van der Waals surface area contributed by atoms with Gasteiger partial charge in [0.1, 0.15) is 5.75 Å². The second-order valence-corrected chi connectivity index (χ2v) is 8.00. The molecule has 1 N–H and O–H groups in total. The highest BCUT2D eigenvalue weighted by molar-refractivity contribution is 7.89. The molecule has 1 atom stereocenters. The topological polar surface area (TPSA) is 79.0 Å². The lowest BCUT2D eigenvalue weighted by Gasteiger charge is -2.32. The number of nitrogens with one attached hydrogen (secondary N) is 1. The van der Waals surface area contributed by atoms with Crippen molar-refractivity contribution < 1.29 is 17.9 Å². The van der Waals surface area contributed by atoms with E-state index in [-0.39, 0.29) is 22.4 Å². The van der Waals surface area contributed by atoms with Crippen molar-refractivity contribution in [2.45, 2.75) is 31.7 Å². The Bertz CT molecular complexity index is 717. The largest absolute Gasteiger partial charge is 0.496 e. The van der Waals surface area contributed by atoms with Gasteiger partial charge in [0.15, 0.2) is 0 Å². The lowest BCUT2D eigenvalue weighted by molar-refractivity contribution is 0.0705. The molecule has 1 unspecified atom stereocenters. The van der Waals surface area contributed by atoms with Gasteiger partial charge < -0.3 is 15.0 Å². The Labute approximate surface area is 150 Å². The van der Waals surface area contributed by atoms with Crippen LogP contribution < -0.4 is 10.1 Å². The number of piperazine rings is 1. The van der Waals surface area contributed by atoms with Crippen LogP contribution in [0.15, 0.2) is 23.1 Å². The molecule has 8 heteroatoms. The number of methoxy groups -OCH3 is 1. The Morgan fingerprint density at radius 3 is 2.60 bits per heavy atom. The molecular formula is C17H27N3O4S. The minimum Gasteiger partial charge on any atom is -0.496 e. The fraction of sp³-hybridized carbons (Fsp3) is 0.588. The molecule has 1 fully saturated rings. The summed E-state index contributed by atoms with van der Waals surface area (Å²) in [4.78, 5) is 14.8. The van der Waals surface area contributed by atoms with Crippen molar-refractivity contribution in [2.75, 3.05) is 39.8 Å². The smallest absolute Gasteiger partial charge is 0.257 e. The molecule has 0 aliphatic carbocycles. The molecule has 140 valence electrons. The van der Waals surface area contributed by atoms with Crippen LogP contribution in [0.5, 0.6) is 5.75 Å². The van der Waals surface area contributed by atoms with Crippen LogP contribution in [0.4, 0.5) is 0 Å². The van der Waals surface area contributed by atoms with Gasteiger partial charge in [-0.3, -0.25) is 4.79 Å². The average Bonchev–Trinajstić information content (AvgIpc) is 2.61. The Balaban J connectivity index is 2.42. The summed E-state index contributed by atoms with van der Waals surface area (Å²) in [6, 6.07) is 4.67. The van der Waals surface area contributed by atoms with Gasteiger partial charge in [-0.15, -0.1) is 0 Å². The molecule has 1 saturated heterocycles. The van der Waals surface area contributed by atoms with E-state index in [1.54, 1.807) is 24.8 Å². The first-order valence-electron chi connectivity index (χ1n) is 8.56. The van der Waals surface area contributed by atoms with Crippen LogP contribution in [0.2, 0.25) is 0 Å². The zero-order valence-electron chi connectivity index (χ0n) is 15.3. The number of carbonyl (C=O) groups is 1. The Kier molecular flexibility index (Phi) is 6.42. The number of hydrogen-bond donors (Lipinski definition) is 1. The first kappa shape index (κ1) is 19.7. The number of ether oxygens (including phenoxy) is 1. The molecule has 1 aliphatic rings. The van der Waals surface area contributed by atoms with Gasteiger partial charge in [-0.05, 0) is 25.1 Å². The molecule has 7 nitrogen and oxygen atoms in total. The molecule has 0 aromatic heterocycles. The molecule has 0 spiro atoms. The van der Waals surface area contributed by atoms with Gasteiger partial charge in [0.05, 0.1) is 17.6 Å². The third-order valence-corrected chi connectivity index (χ3v) is 6.45. The molecule has 0 radical (unpaired) electrons. The average molecular weight is 369 g/mol. The molecule has 1 aromatic rings. The molecule has 25 heavy (non-hydrogen) atoms. The van der Waals surface area contributed by atoms with Crippen molar-refractivity contribution >= 4 is 15.9 Å². The maximum atomic E-state index is 12.9. The third kappa shape index (κ3) is 4.13. The number of benzene rings is 1. The Morgan fingerprint density at radius 2 is 2.04 bits per heavy atom. The predicted octanol–water partition coefficient (Wildman–Crippen LogP) is 1.16. The van der Waals surface area contributed by atoms with Crippen molar-refractivity contribution in [3.8, 4) is 5.75 Å². The molecule has 1 amide bonds. The minimum absolute atomic E-state index is 0.114. The van der Waals surface area contributed by atoms with E-state index in [0.29, 0.717) is 38.5 Å². The van der Waals surface area contributed by atoms with Gasteiger partial charge in [0.25, 0.3) is 5.91 Å². The van der Waals surface area contributed by atoms with Gasteiger partial charge in [0, 0.05) is 38.8 Å². The van der Waals surface area contributed by atoms with Gasteiger partial charge in [-0.2, -0.15) is 4.31 Å². The molecule has 0 bridgehead atoms. The van der Waals surface area contributed by atoms with E-state index < -0.39 is 10.0 Å². The Morgan fingerprint density at radius 1 is 1.36 bits per heavy atom. The quantitative estimate of drug-likeness (QED) is 0.814. The number of rotatable bonds is 6. The number of amides is 1. The molecule has 0 saturated carbocycles. The number of hydrogen-bond acceptors (Lipinski definition) is 5. The normalized spacial score (nSPS) is 18.4. The monoisotopic (exact) mass is 369 g/mol. The van der Waals surface area contributed by atoms with Crippen molar-refractivity contribution in [3.05, 3.63) is 23.8 Å². The van der Waals surface area contributed by atoms with Crippen molar-refractivity contribution in [2.24, 2.45) is 0 Å². The van der Waals surface area contributed by atoms with E-state index in [4.69, 9.17) is 4.74 Å². The summed E-state index contributed by atoms with van der Waals surface area (Å²) >= 11 is 0. The van der Waals surface area contributed by atoms with Crippen LogP contribution in [-0.4, -0.2) is 69.4 Å². The van der Waals surface area contributed by atoms with Gasteiger partial charge in [0.2, 0.25) is 10.0 Å². The summed E-state index contributed by atoms with van der Waals surface area (Å²) in [5, 5.41) is 3.28. The van der Waals surface area contributed by atoms with Gasteiger partial charge in [-0.1, -0.05) is 13.8 Å². The number of sulfonamides is 1. The van der Waals surface area contributed by atoms with Crippen molar-refractivity contribution in [1.82, 2.24) is 14.5 Å². The van der Waals surface area contributed by atoms with Crippen molar-refractivity contribution in [3.63, 3.8) is 0 Å². The number of carbonyl (C=O) groups excluding carboxylic acids is 1. The van der Waals surface area contributed by atoms with Crippen LogP contribution in [0, 0.1) is 0 Å². The SMILES string of the molecule is CCN(CC)S(=O)(=O)c1ccc(OC)c(C(=O)N2CCNC(C)C2)c1. The third-order valence-electron chi connectivity index (χ3n) is 4.40. The number of nitrogens with zero attached hydrogens (tertiary/aromatic N) is 2. The fourth-order valence-corrected chi connectivity index (χ4v) is 4.50.